The summed E-state index contributed by atoms with van der Waals surface area (Å²) in [5.41, 5.74) is 2.35. The van der Waals surface area contributed by atoms with Gasteiger partial charge in [0.25, 0.3) is 5.91 Å². The SMILES string of the molecule is CC(C)Oc1ccc(Nc2cc(C(=O)Nc3cccc(C#N)c3)ccn2)cc1. The minimum Gasteiger partial charge on any atom is -0.491 e. The van der Waals surface area contributed by atoms with Crippen molar-refractivity contribution < 1.29 is 9.53 Å². The topological polar surface area (TPSA) is 87.0 Å². The predicted molar refractivity (Wildman–Crippen MR) is 109 cm³/mol. The lowest BCUT2D eigenvalue weighted by atomic mass is 10.2. The van der Waals surface area contributed by atoms with Crippen molar-refractivity contribution in [3.05, 3.63) is 78.0 Å². The van der Waals surface area contributed by atoms with Crippen LogP contribution < -0.4 is 15.4 Å². The van der Waals surface area contributed by atoms with Gasteiger partial charge in [-0.15, -0.1) is 0 Å². The third kappa shape index (κ3) is 5.08. The Balaban J connectivity index is 1.69. The van der Waals surface area contributed by atoms with Crippen LogP contribution in [0, 0.1) is 11.3 Å². The van der Waals surface area contributed by atoms with Gasteiger partial charge in [-0.05, 0) is 68.4 Å². The molecule has 0 fully saturated rings. The molecule has 2 N–H and O–H groups in total. The molecule has 2 aromatic carbocycles. The summed E-state index contributed by atoms with van der Waals surface area (Å²) in [5, 5.41) is 14.9. The van der Waals surface area contributed by atoms with Crippen LogP contribution in [0.15, 0.2) is 66.9 Å². The van der Waals surface area contributed by atoms with Crippen molar-refractivity contribution in [2.75, 3.05) is 10.6 Å². The summed E-state index contributed by atoms with van der Waals surface area (Å²) in [7, 11) is 0. The number of anilines is 3. The van der Waals surface area contributed by atoms with Crippen LogP contribution in [0.2, 0.25) is 0 Å². The number of pyridine rings is 1. The molecule has 0 spiro atoms. The van der Waals surface area contributed by atoms with Gasteiger partial charge in [0.1, 0.15) is 11.6 Å². The van der Waals surface area contributed by atoms with Gasteiger partial charge in [0.2, 0.25) is 0 Å². The summed E-state index contributed by atoms with van der Waals surface area (Å²) in [6.07, 6.45) is 1.68. The zero-order valence-electron chi connectivity index (χ0n) is 15.6. The van der Waals surface area contributed by atoms with E-state index in [1.54, 1.807) is 42.6 Å². The molecule has 6 heteroatoms. The number of hydrogen-bond donors (Lipinski definition) is 2. The van der Waals surface area contributed by atoms with Gasteiger partial charge >= 0.3 is 0 Å². The number of carbonyl (C=O) groups excluding carboxylic acids is 1. The second-order valence-corrected chi connectivity index (χ2v) is 6.39. The van der Waals surface area contributed by atoms with Gasteiger partial charge in [0.15, 0.2) is 0 Å². The van der Waals surface area contributed by atoms with Crippen LogP contribution >= 0.6 is 0 Å². The standard InChI is InChI=1S/C22H20N4O2/c1-15(2)28-20-8-6-18(7-9-20)25-21-13-17(10-11-24-21)22(27)26-19-5-3-4-16(12-19)14-23/h3-13,15H,1-2H3,(H,24,25)(H,26,27). The van der Waals surface area contributed by atoms with E-state index in [1.165, 1.54) is 0 Å². The first-order valence-corrected chi connectivity index (χ1v) is 8.85. The normalized spacial score (nSPS) is 10.2. The van der Waals surface area contributed by atoms with Crippen LogP contribution in [0.25, 0.3) is 0 Å². The van der Waals surface area contributed by atoms with Crippen molar-refractivity contribution in [1.29, 1.82) is 5.26 Å². The molecular weight excluding hydrogens is 352 g/mol. The molecule has 0 aliphatic rings. The Kier molecular flexibility index (Phi) is 5.87. The molecule has 0 radical (unpaired) electrons. The van der Waals surface area contributed by atoms with E-state index in [-0.39, 0.29) is 12.0 Å². The molecular formula is C22H20N4O2. The monoisotopic (exact) mass is 372 g/mol. The van der Waals surface area contributed by atoms with Gasteiger partial charge in [-0.2, -0.15) is 5.26 Å². The maximum Gasteiger partial charge on any atom is 0.255 e. The molecule has 0 saturated heterocycles. The van der Waals surface area contributed by atoms with Crippen molar-refractivity contribution in [3.63, 3.8) is 0 Å². The van der Waals surface area contributed by atoms with Crippen molar-refractivity contribution in [3.8, 4) is 11.8 Å². The molecule has 28 heavy (non-hydrogen) atoms. The van der Waals surface area contributed by atoms with Crippen molar-refractivity contribution in [2.24, 2.45) is 0 Å². The Hall–Kier alpha value is -3.85. The quantitative estimate of drug-likeness (QED) is 0.653. The summed E-state index contributed by atoms with van der Waals surface area (Å²) in [6.45, 7) is 3.95. The molecule has 0 aliphatic heterocycles. The number of nitriles is 1. The van der Waals surface area contributed by atoms with E-state index in [2.05, 4.69) is 21.7 Å². The molecule has 1 heterocycles. The van der Waals surface area contributed by atoms with E-state index >= 15 is 0 Å². The fraction of sp³-hybridized carbons (Fsp3) is 0.136. The average Bonchev–Trinajstić information content (AvgIpc) is 2.69. The third-order valence-corrected chi connectivity index (χ3v) is 3.77. The molecule has 0 saturated carbocycles. The Morgan fingerprint density at radius 2 is 1.86 bits per heavy atom. The van der Waals surface area contributed by atoms with E-state index < -0.39 is 0 Å². The minimum absolute atomic E-state index is 0.115. The smallest absolute Gasteiger partial charge is 0.255 e. The highest BCUT2D eigenvalue weighted by atomic mass is 16.5. The Bertz CT molecular complexity index is 1010. The van der Waals surface area contributed by atoms with Crippen molar-refractivity contribution >= 4 is 23.1 Å². The van der Waals surface area contributed by atoms with Gasteiger partial charge < -0.3 is 15.4 Å². The zero-order chi connectivity index (χ0) is 19.9. The van der Waals surface area contributed by atoms with Crippen LogP contribution in [0.3, 0.4) is 0 Å². The van der Waals surface area contributed by atoms with Gasteiger partial charge in [-0.25, -0.2) is 4.98 Å². The molecule has 0 bridgehead atoms. The second kappa shape index (κ2) is 8.69. The fourth-order valence-electron chi connectivity index (χ4n) is 2.55. The summed E-state index contributed by atoms with van der Waals surface area (Å²) in [5.74, 6) is 1.07. The van der Waals surface area contributed by atoms with Gasteiger partial charge in [0, 0.05) is 23.1 Å². The molecule has 1 aromatic heterocycles. The number of hydrogen-bond acceptors (Lipinski definition) is 5. The van der Waals surface area contributed by atoms with Crippen LogP contribution in [0.4, 0.5) is 17.2 Å². The molecule has 6 nitrogen and oxygen atoms in total. The molecule has 3 aromatic rings. The number of nitrogens with one attached hydrogen (secondary N) is 2. The Labute approximate surface area is 163 Å². The summed E-state index contributed by atoms with van der Waals surface area (Å²) in [6, 6.07) is 19.6. The highest BCUT2D eigenvalue weighted by molar-refractivity contribution is 6.04. The molecule has 140 valence electrons. The number of benzene rings is 2. The first kappa shape index (κ1) is 18.9. The van der Waals surface area contributed by atoms with Crippen molar-refractivity contribution in [1.82, 2.24) is 4.98 Å². The number of amides is 1. The van der Waals surface area contributed by atoms with Crippen LogP contribution in [-0.4, -0.2) is 17.0 Å². The van der Waals surface area contributed by atoms with Crippen LogP contribution in [-0.2, 0) is 0 Å². The predicted octanol–water partition coefficient (Wildman–Crippen LogP) is 4.74. The lowest BCUT2D eigenvalue weighted by Crippen LogP contribution is -2.12. The number of nitrogens with zero attached hydrogens (tertiary/aromatic N) is 2. The summed E-state index contributed by atoms with van der Waals surface area (Å²) < 4.78 is 5.63. The fourth-order valence-corrected chi connectivity index (χ4v) is 2.55. The molecule has 3 rings (SSSR count). The first-order valence-electron chi connectivity index (χ1n) is 8.85. The largest absolute Gasteiger partial charge is 0.491 e. The Morgan fingerprint density at radius 3 is 2.57 bits per heavy atom. The highest BCUT2D eigenvalue weighted by Gasteiger charge is 2.08. The maximum atomic E-state index is 12.5. The summed E-state index contributed by atoms with van der Waals surface area (Å²) >= 11 is 0. The van der Waals surface area contributed by atoms with Crippen LogP contribution in [0.1, 0.15) is 29.8 Å². The van der Waals surface area contributed by atoms with E-state index in [4.69, 9.17) is 10.00 Å². The van der Waals surface area contributed by atoms with E-state index in [1.807, 2.05) is 38.1 Å². The van der Waals surface area contributed by atoms with Crippen LogP contribution in [0.5, 0.6) is 5.75 Å². The highest BCUT2D eigenvalue weighted by Crippen LogP contribution is 2.20. The molecule has 0 aliphatic carbocycles. The lowest BCUT2D eigenvalue weighted by molar-refractivity contribution is 0.102. The van der Waals surface area contributed by atoms with E-state index in [0.717, 1.165) is 11.4 Å². The zero-order valence-corrected chi connectivity index (χ0v) is 15.6. The number of aromatic nitrogens is 1. The summed E-state index contributed by atoms with van der Waals surface area (Å²) in [4.78, 5) is 16.8. The van der Waals surface area contributed by atoms with Gasteiger partial charge in [-0.3, -0.25) is 4.79 Å². The molecule has 1 amide bonds. The minimum atomic E-state index is -0.277. The van der Waals surface area contributed by atoms with E-state index in [0.29, 0.717) is 22.6 Å². The molecule has 0 unspecified atom stereocenters. The third-order valence-electron chi connectivity index (χ3n) is 3.77. The molecule has 0 atom stereocenters. The number of rotatable bonds is 6. The number of carbonyl (C=O) groups is 1. The second-order valence-electron chi connectivity index (χ2n) is 6.39. The van der Waals surface area contributed by atoms with Gasteiger partial charge in [0.05, 0.1) is 17.7 Å². The number of ether oxygens (including phenoxy) is 1. The average molecular weight is 372 g/mol. The Morgan fingerprint density at radius 1 is 1.07 bits per heavy atom. The van der Waals surface area contributed by atoms with Gasteiger partial charge in [-0.1, -0.05) is 6.07 Å². The first-order chi connectivity index (χ1) is 13.5. The van der Waals surface area contributed by atoms with E-state index in [9.17, 15) is 4.79 Å². The lowest BCUT2D eigenvalue weighted by Gasteiger charge is -2.11. The van der Waals surface area contributed by atoms with Crippen molar-refractivity contribution in [2.45, 2.75) is 20.0 Å². The maximum absolute atomic E-state index is 12.5.